The minimum atomic E-state index is -0.820. The van der Waals surface area contributed by atoms with Crippen molar-refractivity contribution in [1.82, 2.24) is 4.57 Å². The lowest BCUT2D eigenvalue weighted by Crippen LogP contribution is -2.40. The number of furan rings is 1. The first-order valence-electron chi connectivity index (χ1n) is 14.2. The van der Waals surface area contributed by atoms with Crippen LogP contribution in [0.5, 0.6) is 5.75 Å². The maximum absolute atomic E-state index is 14.1. The molecule has 0 fully saturated rings. The van der Waals surface area contributed by atoms with Gasteiger partial charge in [0.25, 0.3) is 5.56 Å². The number of thiazole rings is 1. The summed E-state index contributed by atoms with van der Waals surface area (Å²) < 4.78 is 25.0. The summed E-state index contributed by atoms with van der Waals surface area (Å²) in [5.41, 5.74) is 2.29. The van der Waals surface area contributed by atoms with Crippen molar-refractivity contribution < 1.29 is 28.2 Å². The van der Waals surface area contributed by atoms with Crippen LogP contribution in [-0.4, -0.2) is 36.8 Å². The topological polar surface area (TPSA) is 109 Å². The molecule has 1 aliphatic heterocycles. The van der Waals surface area contributed by atoms with Gasteiger partial charge in [0.1, 0.15) is 23.3 Å². The van der Waals surface area contributed by atoms with Gasteiger partial charge in [0.05, 0.1) is 41.7 Å². The van der Waals surface area contributed by atoms with Crippen LogP contribution < -0.4 is 19.6 Å². The maximum Gasteiger partial charge on any atom is 0.338 e. The Labute approximate surface area is 266 Å². The molecule has 5 rings (SSSR count). The number of hydrogen-bond acceptors (Lipinski definition) is 9. The standard InChI is InChI=1S/C33H31BrN2O7S/c1-5-9-24-28(32(39)42-7-3)29(23-17-21(34)12-14-26(23)40-4)36-30(37)27(44-33(36)35-24)18-22-13-15-25(43-22)19-10-8-11-20(16-19)31(38)41-6-2/h8,10-18,29H,5-7,9H2,1-4H3/b27-18+/t29-/m1/s1. The number of halogens is 1. The number of nitrogens with zero attached hydrogens (tertiary/aromatic N) is 2. The molecule has 1 atom stereocenters. The third-order valence-corrected chi connectivity index (χ3v) is 8.41. The Morgan fingerprint density at radius 3 is 2.55 bits per heavy atom. The number of carbonyl (C=O) groups is 2. The van der Waals surface area contributed by atoms with E-state index in [-0.39, 0.29) is 18.8 Å². The monoisotopic (exact) mass is 678 g/mol. The minimum Gasteiger partial charge on any atom is -0.496 e. The number of aromatic nitrogens is 1. The molecular formula is C33H31BrN2O7S. The summed E-state index contributed by atoms with van der Waals surface area (Å²) in [6.07, 6.45) is 2.93. The summed E-state index contributed by atoms with van der Waals surface area (Å²) in [7, 11) is 1.55. The fraction of sp³-hybridized carbons (Fsp3) is 0.273. The number of ether oxygens (including phenoxy) is 3. The highest BCUT2D eigenvalue weighted by atomic mass is 79.9. The Kier molecular flexibility index (Phi) is 9.65. The molecule has 9 nitrogen and oxygen atoms in total. The Hall–Kier alpha value is -4.22. The zero-order chi connectivity index (χ0) is 31.4. The molecule has 3 heterocycles. The minimum absolute atomic E-state index is 0.179. The van der Waals surface area contributed by atoms with E-state index in [9.17, 15) is 14.4 Å². The summed E-state index contributed by atoms with van der Waals surface area (Å²) in [6, 6.07) is 15.2. The highest BCUT2D eigenvalue weighted by molar-refractivity contribution is 9.10. The van der Waals surface area contributed by atoms with Gasteiger partial charge in [-0.15, -0.1) is 0 Å². The lowest BCUT2D eigenvalue weighted by molar-refractivity contribution is -0.139. The average Bonchev–Trinajstić information content (AvgIpc) is 3.61. The van der Waals surface area contributed by atoms with Gasteiger partial charge in [0, 0.05) is 21.7 Å². The van der Waals surface area contributed by atoms with Gasteiger partial charge in [0.2, 0.25) is 0 Å². The Balaban J connectivity index is 1.65. The number of fused-ring (bicyclic) bond motifs is 1. The number of carbonyl (C=O) groups excluding carboxylic acids is 2. The molecule has 0 unspecified atom stereocenters. The van der Waals surface area contributed by atoms with Gasteiger partial charge < -0.3 is 18.6 Å². The highest BCUT2D eigenvalue weighted by Gasteiger charge is 2.36. The zero-order valence-electron chi connectivity index (χ0n) is 24.7. The summed E-state index contributed by atoms with van der Waals surface area (Å²) in [4.78, 5) is 45.0. The Bertz CT molecular complexity index is 1940. The molecule has 0 radical (unpaired) electrons. The van der Waals surface area contributed by atoms with E-state index in [1.54, 1.807) is 63.4 Å². The molecule has 2 aromatic heterocycles. The van der Waals surface area contributed by atoms with E-state index in [0.717, 1.165) is 10.9 Å². The van der Waals surface area contributed by atoms with E-state index in [1.165, 1.54) is 15.9 Å². The first-order valence-corrected chi connectivity index (χ1v) is 15.8. The third kappa shape index (κ3) is 6.20. The molecule has 0 spiro atoms. The molecule has 0 amide bonds. The van der Waals surface area contributed by atoms with Crippen LogP contribution in [-0.2, 0) is 14.3 Å². The second-order valence-electron chi connectivity index (χ2n) is 9.80. The quantitative estimate of drug-likeness (QED) is 0.196. The summed E-state index contributed by atoms with van der Waals surface area (Å²) in [5, 5.41) is 0. The predicted molar refractivity (Wildman–Crippen MR) is 170 cm³/mol. The number of rotatable bonds is 10. The van der Waals surface area contributed by atoms with Crippen LogP contribution in [0.25, 0.3) is 17.4 Å². The van der Waals surface area contributed by atoms with Gasteiger partial charge in [-0.1, -0.05) is 52.7 Å². The third-order valence-electron chi connectivity index (χ3n) is 6.94. The van der Waals surface area contributed by atoms with E-state index in [0.29, 0.717) is 61.0 Å². The van der Waals surface area contributed by atoms with Crippen molar-refractivity contribution in [2.24, 2.45) is 4.99 Å². The van der Waals surface area contributed by atoms with Crippen LogP contribution in [0.4, 0.5) is 0 Å². The van der Waals surface area contributed by atoms with Gasteiger partial charge in [-0.2, -0.15) is 0 Å². The first-order chi connectivity index (χ1) is 21.3. The maximum atomic E-state index is 14.1. The van der Waals surface area contributed by atoms with Crippen molar-refractivity contribution in [1.29, 1.82) is 0 Å². The van der Waals surface area contributed by atoms with Crippen molar-refractivity contribution in [3.63, 3.8) is 0 Å². The van der Waals surface area contributed by atoms with E-state index < -0.39 is 18.0 Å². The lowest BCUT2D eigenvalue weighted by atomic mass is 9.93. The number of methoxy groups -OCH3 is 1. The molecule has 2 aromatic carbocycles. The van der Waals surface area contributed by atoms with E-state index in [4.69, 9.17) is 23.6 Å². The zero-order valence-corrected chi connectivity index (χ0v) is 27.1. The Morgan fingerprint density at radius 2 is 1.82 bits per heavy atom. The van der Waals surface area contributed by atoms with Gasteiger partial charge in [-0.05, 0) is 62.7 Å². The van der Waals surface area contributed by atoms with Crippen molar-refractivity contribution >= 4 is 45.3 Å². The normalized spacial score (nSPS) is 14.7. The van der Waals surface area contributed by atoms with E-state index in [2.05, 4.69) is 15.9 Å². The van der Waals surface area contributed by atoms with Crippen LogP contribution in [0.3, 0.4) is 0 Å². The highest BCUT2D eigenvalue weighted by Crippen LogP contribution is 2.38. The second kappa shape index (κ2) is 13.6. The smallest absolute Gasteiger partial charge is 0.338 e. The second-order valence-corrected chi connectivity index (χ2v) is 11.7. The molecule has 0 aliphatic carbocycles. The van der Waals surface area contributed by atoms with Crippen molar-refractivity contribution in [3.8, 4) is 17.1 Å². The largest absolute Gasteiger partial charge is 0.496 e. The molecule has 0 saturated carbocycles. The summed E-state index contributed by atoms with van der Waals surface area (Å²) >= 11 is 4.75. The molecule has 0 N–H and O–H groups in total. The molecule has 1 aliphatic rings. The van der Waals surface area contributed by atoms with Gasteiger partial charge >= 0.3 is 11.9 Å². The van der Waals surface area contributed by atoms with E-state index >= 15 is 0 Å². The molecule has 4 aromatic rings. The average molecular weight is 680 g/mol. The fourth-order valence-electron chi connectivity index (χ4n) is 5.06. The van der Waals surface area contributed by atoms with Gasteiger partial charge in [-0.25, -0.2) is 14.6 Å². The predicted octanol–water partition coefficient (Wildman–Crippen LogP) is 5.79. The van der Waals surface area contributed by atoms with Crippen LogP contribution in [0, 0.1) is 0 Å². The summed E-state index contributed by atoms with van der Waals surface area (Å²) in [5.74, 6) is 0.557. The van der Waals surface area contributed by atoms with Crippen LogP contribution in [0.15, 0.2) is 84.5 Å². The van der Waals surface area contributed by atoms with Gasteiger partial charge in [0.15, 0.2) is 4.80 Å². The first kappa shape index (κ1) is 31.2. The van der Waals surface area contributed by atoms with Crippen LogP contribution in [0.2, 0.25) is 0 Å². The molecule has 228 valence electrons. The molecule has 0 saturated heterocycles. The molecule has 11 heteroatoms. The van der Waals surface area contributed by atoms with Crippen LogP contribution in [0.1, 0.15) is 61.3 Å². The van der Waals surface area contributed by atoms with E-state index in [1.807, 2.05) is 25.1 Å². The van der Waals surface area contributed by atoms with Crippen molar-refractivity contribution in [3.05, 3.63) is 107 Å². The Morgan fingerprint density at radius 1 is 1.05 bits per heavy atom. The fourth-order valence-corrected chi connectivity index (χ4v) is 6.44. The van der Waals surface area contributed by atoms with Crippen molar-refractivity contribution in [2.75, 3.05) is 20.3 Å². The summed E-state index contributed by atoms with van der Waals surface area (Å²) in [6.45, 7) is 5.96. The molecule has 0 bridgehead atoms. The SMILES string of the molecule is CCCC1=C(C(=O)OCC)[C@@H](c2cc(Br)ccc2OC)n2c(s/c(=C/c3ccc(-c4cccc(C(=O)OCC)c4)o3)c2=O)=N1. The van der Waals surface area contributed by atoms with Crippen molar-refractivity contribution in [2.45, 2.75) is 39.7 Å². The number of benzene rings is 2. The van der Waals surface area contributed by atoms with Crippen LogP contribution >= 0.6 is 27.3 Å². The number of hydrogen-bond donors (Lipinski definition) is 0. The number of esters is 2. The lowest BCUT2D eigenvalue weighted by Gasteiger charge is -2.27. The molecular weight excluding hydrogens is 648 g/mol. The van der Waals surface area contributed by atoms with Gasteiger partial charge in [-0.3, -0.25) is 9.36 Å². The number of allylic oxidation sites excluding steroid dienone is 1. The molecule has 44 heavy (non-hydrogen) atoms.